The van der Waals surface area contributed by atoms with Crippen molar-refractivity contribution in [2.24, 2.45) is 0 Å². The molecule has 1 heterocycles. The molecule has 0 radical (unpaired) electrons. The number of imidazole rings is 1. The van der Waals surface area contributed by atoms with E-state index in [0.717, 1.165) is 5.69 Å². The van der Waals surface area contributed by atoms with Crippen molar-refractivity contribution >= 4 is 17.4 Å². The lowest BCUT2D eigenvalue weighted by Crippen LogP contribution is -2.23. The van der Waals surface area contributed by atoms with Gasteiger partial charge >= 0.3 is 5.69 Å². The van der Waals surface area contributed by atoms with Gasteiger partial charge in [-0.15, -0.1) is 0 Å². The van der Waals surface area contributed by atoms with Gasteiger partial charge in [-0.3, -0.25) is 14.2 Å². The number of ketones is 1. The number of para-hydroxylation sites is 2. The highest BCUT2D eigenvalue weighted by Crippen LogP contribution is 2.20. The van der Waals surface area contributed by atoms with Gasteiger partial charge in [0, 0.05) is 23.9 Å². The fourth-order valence-corrected chi connectivity index (χ4v) is 2.81. The molecule has 0 atom stereocenters. The Morgan fingerprint density at radius 2 is 1.82 bits per heavy atom. The van der Waals surface area contributed by atoms with Crippen LogP contribution in [0.5, 0.6) is 5.75 Å². The van der Waals surface area contributed by atoms with Crippen LogP contribution in [0.1, 0.15) is 29.4 Å². The summed E-state index contributed by atoms with van der Waals surface area (Å²) in [5.74, 6) is 0.187. The summed E-state index contributed by atoms with van der Waals surface area (Å²) in [5.41, 5.74) is 2.13. The number of carbonyl (C=O) groups excluding carboxylic acids is 2. The summed E-state index contributed by atoms with van der Waals surface area (Å²) in [6.45, 7) is 3.40. The molecule has 7 nitrogen and oxygen atoms in total. The van der Waals surface area contributed by atoms with Crippen molar-refractivity contribution < 1.29 is 14.3 Å². The molecule has 0 aliphatic heterocycles. The molecule has 0 bridgehead atoms. The van der Waals surface area contributed by atoms with Crippen molar-refractivity contribution in [2.45, 2.75) is 20.3 Å². The van der Waals surface area contributed by atoms with Gasteiger partial charge in [-0.1, -0.05) is 19.1 Å². The zero-order valence-electron chi connectivity index (χ0n) is 15.7. The Labute approximate surface area is 162 Å². The highest BCUT2D eigenvalue weighted by molar-refractivity contribution is 5.96. The molecule has 0 saturated carbocycles. The van der Waals surface area contributed by atoms with Crippen LogP contribution in [0.15, 0.2) is 59.5 Å². The number of nitrogens with one attached hydrogen (secondary N) is 2. The van der Waals surface area contributed by atoms with Gasteiger partial charge in [-0.05, 0) is 43.3 Å². The SMILES string of the molecule is CCC(=O)c1ccc(OCC(=O)Nc2ccccc2-n2c(C)c[nH]c2=O)cc1. The number of hydrogen-bond donors (Lipinski definition) is 2. The molecule has 0 spiro atoms. The summed E-state index contributed by atoms with van der Waals surface area (Å²) in [6.07, 6.45) is 2.04. The summed E-state index contributed by atoms with van der Waals surface area (Å²) in [6, 6.07) is 13.7. The minimum atomic E-state index is -0.359. The van der Waals surface area contributed by atoms with Crippen molar-refractivity contribution in [3.8, 4) is 11.4 Å². The van der Waals surface area contributed by atoms with Crippen molar-refractivity contribution in [1.82, 2.24) is 9.55 Å². The smallest absolute Gasteiger partial charge is 0.330 e. The summed E-state index contributed by atoms with van der Waals surface area (Å²) in [4.78, 5) is 38.6. The molecule has 0 saturated heterocycles. The number of hydrogen-bond acceptors (Lipinski definition) is 4. The van der Waals surface area contributed by atoms with Crippen LogP contribution in [0.3, 0.4) is 0 Å². The van der Waals surface area contributed by atoms with Crippen LogP contribution >= 0.6 is 0 Å². The molecule has 1 aromatic heterocycles. The minimum Gasteiger partial charge on any atom is -0.484 e. The number of aromatic nitrogens is 2. The summed E-state index contributed by atoms with van der Waals surface area (Å²) in [7, 11) is 0. The van der Waals surface area contributed by atoms with Crippen LogP contribution in [0.4, 0.5) is 5.69 Å². The molecule has 0 unspecified atom stereocenters. The van der Waals surface area contributed by atoms with Crippen molar-refractivity contribution in [3.63, 3.8) is 0 Å². The standard InChI is InChI=1S/C21H21N3O4/c1-3-19(25)15-8-10-16(11-9-15)28-13-20(26)23-17-6-4-5-7-18(17)24-14(2)12-22-21(24)27/h4-12H,3,13H2,1-2H3,(H,22,27)(H,23,26). The Morgan fingerprint density at radius 1 is 1.11 bits per heavy atom. The maximum atomic E-state index is 12.3. The second-order valence-corrected chi connectivity index (χ2v) is 6.23. The lowest BCUT2D eigenvalue weighted by molar-refractivity contribution is -0.118. The zero-order chi connectivity index (χ0) is 20.1. The van der Waals surface area contributed by atoms with Gasteiger partial charge in [0.15, 0.2) is 12.4 Å². The summed E-state index contributed by atoms with van der Waals surface area (Å²) in [5, 5.41) is 2.77. The Morgan fingerprint density at radius 3 is 2.46 bits per heavy atom. The van der Waals surface area contributed by atoms with Crippen molar-refractivity contribution in [1.29, 1.82) is 0 Å². The number of Topliss-reactive ketones (excluding diaryl/α,β-unsaturated/α-hetero) is 1. The molecule has 0 aliphatic carbocycles. The molecule has 3 rings (SSSR count). The Balaban J connectivity index is 1.68. The number of ether oxygens (including phenoxy) is 1. The fourth-order valence-electron chi connectivity index (χ4n) is 2.81. The van der Waals surface area contributed by atoms with Gasteiger partial charge < -0.3 is 15.0 Å². The predicted octanol–water partition coefficient (Wildman–Crippen LogP) is 3.08. The normalized spacial score (nSPS) is 10.5. The van der Waals surface area contributed by atoms with Crippen LogP contribution in [-0.2, 0) is 4.79 Å². The molecule has 7 heteroatoms. The van der Waals surface area contributed by atoms with E-state index in [1.54, 1.807) is 68.6 Å². The van der Waals surface area contributed by atoms with Crippen LogP contribution in [0.25, 0.3) is 5.69 Å². The molecular formula is C21H21N3O4. The monoisotopic (exact) mass is 379 g/mol. The quantitative estimate of drug-likeness (QED) is 0.617. The second kappa shape index (κ2) is 8.39. The van der Waals surface area contributed by atoms with E-state index in [9.17, 15) is 14.4 Å². The first-order valence-electron chi connectivity index (χ1n) is 8.92. The second-order valence-electron chi connectivity index (χ2n) is 6.23. The van der Waals surface area contributed by atoms with Crippen LogP contribution in [0, 0.1) is 6.92 Å². The maximum absolute atomic E-state index is 12.3. The van der Waals surface area contributed by atoms with E-state index in [2.05, 4.69) is 10.3 Å². The van der Waals surface area contributed by atoms with Gasteiger partial charge in [0.05, 0.1) is 11.4 Å². The van der Waals surface area contributed by atoms with Crippen LogP contribution in [-0.4, -0.2) is 27.8 Å². The molecule has 1 amide bonds. The van der Waals surface area contributed by atoms with E-state index >= 15 is 0 Å². The largest absolute Gasteiger partial charge is 0.484 e. The molecule has 144 valence electrons. The van der Waals surface area contributed by atoms with Gasteiger partial charge in [0.1, 0.15) is 5.75 Å². The lowest BCUT2D eigenvalue weighted by Gasteiger charge is -2.13. The number of amides is 1. The van der Waals surface area contributed by atoms with Crippen molar-refractivity contribution in [2.75, 3.05) is 11.9 Å². The molecule has 0 aliphatic rings. The number of H-pyrrole nitrogens is 1. The van der Waals surface area contributed by atoms with Gasteiger partial charge in [0.25, 0.3) is 5.91 Å². The average Bonchev–Trinajstić information content (AvgIpc) is 3.05. The van der Waals surface area contributed by atoms with E-state index in [0.29, 0.717) is 29.1 Å². The first-order chi connectivity index (χ1) is 13.5. The molecule has 28 heavy (non-hydrogen) atoms. The van der Waals surface area contributed by atoms with Crippen LogP contribution < -0.4 is 15.7 Å². The highest BCUT2D eigenvalue weighted by Gasteiger charge is 2.12. The number of carbonyl (C=O) groups is 2. The molecule has 2 N–H and O–H groups in total. The highest BCUT2D eigenvalue weighted by atomic mass is 16.5. The molecular weight excluding hydrogens is 358 g/mol. The Bertz CT molecular complexity index is 1050. The Hall–Kier alpha value is -3.61. The van der Waals surface area contributed by atoms with Gasteiger partial charge in [-0.2, -0.15) is 0 Å². The molecule has 3 aromatic rings. The van der Waals surface area contributed by atoms with Gasteiger partial charge in [0.2, 0.25) is 0 Å². The zero-order valence-corrected chi connectivity index (χ0v) is 15.7. The topological polar surface area (TPSA) is 93.2 Å². The Kier molecular flexibility index (Phi) is 5.74. The number of benzene rings is 2. The molecule has 2 aromatic carbocycles. The lowest BCUT2D eigenvalue weighted by atomic mass is 10.1. The first kappa shape index (κ1) is 19.2. The van der Waals surface area contributed by atoms with Crippen molar-refractivity contribution in [3.05, 3.63) is 76.5 Å². The van der Waals surface area contributed by atoms with E-state index in [1.807, 2.05) is 0 Å². The number of rotatable bonds is 7. The average molecular weight is 379 g/mol. The van der Waals surface area contributed by atoms with E-state index in [4.69, 9.17) is 4.74 Å². The fraction of sp³-hybridized carbons (Fsp3) is 0.190. The predicted molar refractivity (Wildman–Crippen MR) is 106 cm³/mol. The number of anilines is 1. The van der Waals surface area contributed by atoms with E-state index in [-0.39, 0.29) is 24.0 Å². The maximum Gasteiger partial charge on any atom is 0.330 e. The first-order valence-corrected chi connectivity index (χ1v) is 8.92. The third kappa shape index (κ3) is 4.20. The third-order valence-electron chi connectivity index (χ3n) is 4.25. The number of aryl methyl sites for hydroxylation is 1. The van der Waals surface area contributed by atoms with E-state index in [1.165, 1.54) is 4.57 Å². The number of nitrogens with zero attached hydrogens (tertiary/aromatic N) is 1. The number of aromatic amines is 1. The van der Waals surface area contributed by atoms with Gasteiger partial charge in [-0.25, -0.2) is 4.79 Å². The summed E-state index contributed by atoms with van der Waals surface area (Å²) < 4.78 is 6.97. The minimum absolute atomic E-state index is 0.0520. The summed E-state index contributed by atoms with van der Waals surface area (Å²) >= 11 is 0. The third-order valence-corrected chi connectivity index (χ3v) is 4.25. The van der Waals surface area contributed by atoms with Crippen LogP contribution in [0.2, 0.25) is 0 Å². The molecule has 0 fully saturated rings. The van der Waals surface area contributed by atoms with E-state index < -0.39 is 0 Å².